The molecule has 1 saturated carbocycles. The Morgan fingerprint density at radius 3 is 2.70 bits per heavy atom. The van der Waals surface area contributed by atoms with Crippen LogP contribution in [0.2, 0.25) is 0 Å². The number of nitrogens with one attached hydrogen (secondary N) is 1. The Morgan fingerprint density at radius 1 is 1.35 bits per heavy atom. The molecule has 0 bridgehead atoms. The molecule has 2 rings (SSSR count). The van der Waals surface area contributed by atoms with Crippen molar-refractivity contribution in [1.29, 1.82) is 0 Å². The minimum Gasteiger partial charge on any atom is -0.468 e. The Bertz CT molecular complexity index is 347. The standard InChI is InChI=1S/C16H30N2O2/c1-12-7-9-18(13(2)10-12)14-6-5-8-16(11-14,17-3)15(19)20-4/h12-14,17H,5-11H2,1-4H3. The van der Waals surface area contributed by atoms with Crippen molar-refractivity contribution in [3.05, 3.63) is 0 Å². The van der Waals surface area contributed by atoms with Crippen LogP contribution in [0.5, 0.6) is 0 Å². The van der Waals surface area contributed by atoms with E-state index in [1.54, 1.807) is 0 Å². The predicted octanol–water partition coefficient (Wildman–Crippen LogP) is 2.18. The van der Waals surface area contributed by atoms with E-state index >= 15 is 0 Å². The topological polar surface area (TPSA) is 41.6 Å². The fraction of sp³-hybridized carbons (Fsp3) is 0.938. The molecule has 0 aromatic carbocycles. The summed E-state index contributed by atoms with van der Waals surface area (Å²) < 4.78 is 5.04. The lowest BCUT2D eigenvalue weighted by molar-refractivity contribution is -0.151. The van der Waals surface area contributed by atoms with Crippen LogP contribution >= 0.6 is 0 Å². The summed E-state index contributed by atoms with van der Waals surface area (Å²) in [7, 11) is 3.39. The van der Waals surface area contributed by atoms with E-state index in [1.807, 2.05) is 7.05 Å². The average Bonchev–Trinajstić information content (AvgIpc) is 2.46. The molecule has 116 valence electrons. The van der Waals surface area contributed by atoms with E-state index < -0.39 is 5.54 Å². The Kier molecular flexibility index (Phi) is 5.08. The number of methoxy groups -OCH3 is 1. The van der Waals surface area contributed by atoms with Crippen LogP contribution in [0.3, 0.4) is 0 Å². The van der Waals surface area contributed by atoms with Gasteiger partial charge in [-0.15, -0.1) is 0 Å². The molecule has 1 saturated heterocycles. The van der Waals surface area contributed by atoms with Gasteiger partial charge in [0.05, 0.1) is 7.11 Å². The summed E-state index contributed by atoms with van der Waals surface area (Å²) in [6.45, 7) is 5.86. The van der Waals surface area contributed by atoms with E-state index in [9.17, 15) is 4.79 Å². The molecule has 1 heterocycles. The second-order valence-corrected chi connectivity index (χ2v) is 6.79. The van der Waals surface area contributed by atoms with Gasteiger partial charge in [-0.25, -0.2) is 0 Å². The maximum atomic E-state index is 12.2. The first-order valence-corrected chi connectivity index (χ1v) is 8.05. The van der Waals surface area contributed by atoms with Gasteiger partial charge in [0.25, 0.3) is 0 Å². The van der Waals surface area contributed by atoms with Crippen LogP contribution < -0.4 is 5.32 Å². The molecule has 4 heteroatoms. The van der Waals surface area contributed by atoms with Gasteiger partial charge >= 0.3 is 5.97 Å². The fourth-order valence-electron chi connectivity index (χ4n) is 4.21. The molecule has 0 spiro atoms. The highest BCUT2D eigenvalue weighted by atomic mass is 16.5. The van der Waals surface area contributed by atoms with Gasteiger partial charge in [-0.2, -0.15) is 0 Å². The monoisotopic (exact) mass is 282 g/mol. The molecule has 4 unspecified atom stereocenters. The number of hydrogen-bond donors (Lipinski definition) is 1. The Morgan fingerprint density at radius 2 is 2.10 bits per heavy atom. The highest BCUT2D eigenvalue weighted by Gasteiger charge is 2.45. The average molecular weight is 282 g/mol. The second-order valence-electron chi connectivity index (χ2n) is 6.79. The maximum absolute atomic E-state index is 12.2. The van der Waals surface area contributed by atoms with Gasteiger partial charge < -0.3 is 10.1 Å². The van der Waals surface area contributed by atoms with Crippen LogP contribution in [0, 0.1) is 5.92 Å². The third-order valence-electron chi connectivity index (χ3n) is 5.44. The number of esters is 1. The lowest BCUT2D eigenvalue weighted by Gasteiger charge is -2.47. The smallest absolute Gasteiger partial charge is 0.326 e. The molecule has 2 fully saturated rings. The molecule has 0 aromatic heterocycles. The summed E-state index contributed by atoms with van der Waals surface area (Å²) in [5, 5.41) is 3.26. The molecule has 0 amide bonds. The molecule has 0 radical (unpaired) electrons. The highest BCUT2D eigenvalue weighted by molar-refractivity contribution is 5.81. The third kappa shape index (κ3) is 3.01. The molecule has 1 aliphatic carbocycles. The van der Waals surface area contributed by atoms with Crippen molar-refractivity contribution in [3.8, 4) is 0 Å². The van der Waals surface area contributed by atoms with E-state index in [2.05, 4.69) is 24.1 Å². The zero-order valence-corrected chi connectivity index (χ0v) is 13.4. The highest BCUT2D eigenvalue weighted by Crippen LogP contribution is 2.35. The van der Waals surface area contributed by atoms with Crippen molar-refractivity contribution in [1.82, 2.24) is 10.2 Å². The number of likely N-dealkylation sites (tertiary alicyclic amines) is 1. The van der Waals surface area contributed by atoms with Crippen molar-refractivity contribution >= 4 is 5.97 Å². The molecule has 4 atom stereocenters. The number of nitrogens with zero attached hydrogens (tertiary/aromatic N) is 1. The summed E-state index contributed by atoms with van der Waals surface area (Å²) in [5.41, 5.74) is -0.472. The van der Waals surface area contributed by atoms with Crippen LogP contribution in [0.15, 0.2) is 0 Å². The van der Waals surface area contributed by atoms with Crippen molar-refractivity contribution in [2.24, 2.45) is 5.92 Å². The number of hydrogen-bond acceptors (Lipinski definition) is 4. The number of rotatable bonds is 3. The van der Waals surface area contributed by atoms with Gasteiger partial charge in [0.1, 0.15) is 5.54 Å². The second kappa shape index (κ2) is 6.44. The van der Waals surface area contributed by atoms with Gasteiger partial charge in [0.2, 0.25) is 0 Å². The molecule has 4 nitrogen and oxygen atoms in total. The molecule has 2 aliphatic rings. The van der Waals surface area contributed by atoms with Crippen LogP contribution in [-0.4, -0.2) is 49.2 Å². The van der Waals surface area contributed by atoms with Gasteiger partial charge in [-0.1, -0.05) is 6.92 Å². The molecule has 20 heavy (non-hydrogen) atoms. The number of carbonyl (C=O) groups is 1. The van der Waals surface area contributed by atoms with Crippen LogP contribution in [0.4, 0.5) is 0 Å². The third-order valence-corrected chi connectivity index (χ3v) is 5.44. The lowest BCUT2D eigenvalue weighted by atomic mass is 9.77. The number of carbonyl (C=O) groups excluding carboxylic acids is 1. The fourth-order valence-corrected chi connectivity index (χ4v) is 4.21. The first-order chi connectivity index (χ1) is 9.52. The van der Waals surface area contributed by atoms with E-state index in [0.29, 0.717) is 12.1 Å². The van der Waals surface area contributed by atoms with Crippen LogP contribution in [0.25, 0.3) is 0 Å². The number of ether oxygens (including phenoxy) is 1. The molecule has 1 N–H and O–H groups in total. The summed E-state index contributed by atoms with van der Waals surface area (Å²) >= 11 is 0. The normalized spacial score (nSPS) is 39.5. The summed E-state index contributed by atoms with van der Waals surface area (Å²) in [6, 6.07) is 1.15. The van der Waals surface area contributed by atoms with Gasteiger partial charge in [-0.05, 0) is 65.0 Å². The van der Waals surface area contributed by atoms with E-state index in [-0.39, 0.29) is 5.97 Å². The van der Waals surface area contributed by atoms with E-state index in [1.165, 1.54) is 32.9 Å². The Balaban J connectivity index is 2.08. The zero-order valence-electron chi connectivity index (χ0n) is 13.4. The van der Waals surface area contributed by atoms with Crippen molar-refractivity contribution < 1.29 is 9.53 Å². The lowest BCUT2D eigenvalue weighted by Crippen LogP contribution is -2.59. The van der Waals surface area contributed by atoms with E-state index in [0.717, 1.165) is 25.2 Å². The largest absolute Gasteiger partial charge is 0.468 e. The minimum absolute atomic E-state index is 0.0947. The van der Waals surface area contributed by atoms with E-state index in [4.69, 9.17) is 4.74 Å². The van der Waals surface area contributed by atoms with Crippen molar-refractivity contribution in [2.45, 2.75) is 70.0 Å². The van der Waals surface area contributed by atoms with Crippen LogP contribution in [0.1, 0.15) is 52.4 Å². The number of likely N-dealkylation sites (N-methyl/N-ethyl adjacent to an activating group) is 1. The van der Waals surface area contributed by atoms with Crippen molar-refractivity contribution in [3.63, 3.8) is 0 Å². The maximum Gasteiger partial charge on any atom is 0.326 e. The first kappa shape index (κ1) is 15.8. The zero-order chi connectivity index (χ0) is 14.8. The minimum atomic E-state index is -0.472. The summed E-state index contributed by atoms with van der Waals surface area (Å²) in [5.74, 6) is 0.738. The summed E-state index contributed by atoms with van der Waals surface area (Å²) in [6.07, 6.45) is 6.64. The molecule has 1 aliphatic heterocycles. The molecule has 0 aromatic rings. The summed E-state index contributed by atoms with van der Waals surface area (Å²) in [4.78, 5) is 14.8. The Hall–Kier alpha value is -0.610. The molecular formula is C16H30N2O2. The Labute approximate surface area is 123 Å². The SMILES string of the molecule is CNC1(C(=O)OC)CCCC(N2CCC(C)CC2C)C1. The predicted molar refractivity (Wildman–Crippen MR) is 80.6 cm³/mol. The van der Waals surface area contributed by atoms with Crippen molar-refractivity contribution in [2.75, 3.05) is 20.7 Å². The van der Waals surface area contributed by atoms with Gasteiger partial charge in [0, 0.05) is 12.1 Å². The van der Waals surface area contributed by atoms with Crippen LogP contribution in [-0.2, 0) is 9.53 Å². The molecular weight excluding hydrogens is 252 g/mol. The van der Waals surface area contributed by atoms with Gasteiger partial charge in [0.15, 0.2) is 0 Å². The first-order valence-electron chi connectivity index (χ1n) is 8.05. The number of piperidine rings is 1. The quantitative estimate of drug-likeness (QED) is 0.806. The van der Waals surface area contributed by atoms with Gasteiger partial charge in [-0.3, -0.25) is 9.69 Å².